The van der Waals surface area contributed by atoms with Crippen LogP contribution >= 0.6 is 11.8 Å². The average molecular weight is 379 g/mol. The van der Waals surface area contributed by atoms with Crippen molar-refractivity contribution in [2.24, 2.45) is 5.16 Å². The predicted molar refractivity (Wildman–Crippen MR) is 99.6 cm³/mol. The van der Waals surface area contributed by atoms with E-state index in [2.05, 4.69) is 15.2 Å². The molecule has 0 radical (unpaired) electrons. The second kappa shape index (κ2) is 5.92. The largest absolute Gasteiger partial charge is 0.384 e. The van der Waals surface area contributed by atoms with Gasteiger partial charge in [-0.05, 0) is 24.6 Å². The summed E-state index contributed by atoms with van der Waals surface area (Å²) in [7, 11) is 0. The first kappa shape index (κ1) is 16.0. The van der Waals surface area contributed by atoms with E-state index in [4.69, 9.17) is 4.84 Å². The second-order valence-electron chi connectivity index (χ2n) is 6.36. The van der Waals surface area contributed by atoms with Crippen LogP contribution in [-0.4, -0.2) is 30.8 Å². The molecule has 0 spiro atoms. The Morgan fingerprint density at radius 3 is 2.59 bits per heavy atom. The summed E-state index contributed by atoms with van der Waals surface area (Å²) in [5, 5.41) is 20.3. The first-order valence-corrected chi connectivity index (χ1v) is 9.17. The highest BCUT2D eigenvalue weighted by Gasteiger charge is 2.45. The average Bonchev–Trinajstić information content (AvgIpc) is 3.33. The molecule has 2 unspecified atom stereocenters. The minimum absolute atomic E-state index is 0.0503. The number of nitro groups is 1. The third kappa shape index (κ3) is 2.58. The Hall–Kier alpha value is -3.20. The lowest BCUT2D eigenvalue weighted by Crippen LogP contribution is -2.21. The number of hydrogen-bond donors (Lipinski definition) is 0. The number of nitro benzene ring substituents is 1. The molecule has 0 amide bonds. The number of fused-ring (bicyclic) bond motifs is 3. The number of oxime groups is 1. The van der Waals surface area contributed by atoms with Gasteiger partial charge in [0.1, 0.15) is 5.25 Å². The van der Waals surface area contributed by atoms with E-state index in [1.54, 1.807) is 16.8 Å². The van der Waals surface area contributed by atoms with Crippen LogP contribution in [0.15, 0.2) is 58.8 Å². The maximum atomic E-state index is 10.8. The molecule has 27 heavy (non-hydrogen) atoms. The molecule has 0 saturated heterocycles. The van der Waals surface area contributed by atoms with Crippen molar-refractivity contribution in [3.8, 4) is 11.4 Å². The van der Waals surface area contributed by atoms with E-state index >= 15 is 0 Å². The monoisotopic (exact) mass is 379 g/mol. The minimum Gasteiger partial charge on any atom is -0.384 e. The van der Waals surface area contributed by atoms with E-state index < -0.39 is 4.92 Å². The maximum Gasteiger partial charge on any atom is 0.269 e. The van der Waals surface area contributed by atoms with Crippen molar-refractivity contribution in [3.05, 3.63) is 69.8 Å². The number of benzene rings is 2. The number of hydrogen-bond acceptors (Lipinski definition) is 7. The van der Waals surface area contributed by atoms with Crippen LogP contribution in [0, 0.1) is 17.0 Å². The van der Waals surface area contributed by atoms with Crippen molar-refractivity contribution in [2.45, 2.75) is 23.4 Å². The van der Waals surface area contributed by atoms with Gasteiger partial charge in [-0.25, -0.2) is 4.98 Å². The van der Waals surface area contributed by atoms with Gasteiger partial charge in [-0.3, -0.25) is 10.1 Å². The van der Waals surface area contributed by atoms with Crippen molar-refractivity contribution in [1.82, 2.24) is 14.8 Å². The fourth-order valence-electron chi connectivity index (χ4n) is 3.11. The van der Waals surface area contributed by atoms with Gasteiger partial charge in [0, 0.05) is 17.7 Å². The normalized spacial score (nSPS) is 20.0. The van der Waals surface area contributed by atoms with Gasteiger partial charge in [0.15, 0.2) is 22.9 Å². The molecular formula is C18H13N5O3S. The molecule has 0 saturated carbocycles. The van der Waals surface area contributed by atoms with Gasteiger partial charge in [-0.2, -0.15) is 4.68 Å². The van der Waals surface area contributed by atoms with E-state index in [1.165, 1.54) is 29.5 Å². The molecule has 1 aromatic heterocycles. The molecule has 134 valence electrons. The van der Waals surface area contributed by atoms with Gasteiger partial charge in [-0.15, -0.1) is 5.10 Å². The van der Waals surface area contributed by atoms with Gasteiger partial charge in [0.25, 0.3) is 5.69 Å². The first-order valence-electron chi connectivity index (χ1n) is 8.29. The Kier molecular flexibility index (Phi) is 3.51. The van der Waals surface area contributed by atoms with Crippen LogP contribution in [-0.2, 0) is 4.84 Å². The molecule has 0 aliphatic carbocycles. The Morgan fingerprint density at radius 1 is 1.15 bits per heavy atom. The lowest BCUT2D eigenvalue weighted by Gasteiger charge is -2.13. The molecule has 0 fully saturated rings. The molecule has 2 atom stereocenters. The van der Waals surface area contributed by atoms with Crippen LogP contribution in [0.5, 0.6) is 0 Å². The fourth-order valence-corrected chi connectivity index (χ4v) is 4.29. The molecule has 2 aromatic carbocycles. The Bertz CT molecular complexity index is 1080. The van der Waals surface area contributed by atoms with Gasteiger partial charge in [-0.1, -0.05) is 46.7 Å². The molecule has 3 aromatic rings. The Balaban J connectivity index is 1.41. The van der Waals surface area contributed by atoms with Crippen LogP contribution in [0.2, 0.25) is 0 Å². The summed E-state index contributed by atoms with van der Waals surface area (Å²) >= 11 is 1.54. The smallest absolute Gasteiger partial charge is 0.269 e. The Morgan fingerprint density at radius 2 is 1.89 bits per heavy atom. The van der Waals surface area contributed by atoms with Crippen LogP contribution in [0.3, 0.4) is 0 Å². The molecular weight excluding hydrogens is 366 g/mol. The zero-order chi connectivity index (χ0) is 18.5. The topological polar surface area (TPSA) is 95.4 Å². The molecule has 0 bridgehead atoms. The van der Waals surface area contributed by atoms with Crippen molar-refractivity contribution < 1.29 is 9.76 Å². The molecule has 5 rings (SSSR count). The summed E-state index contributed by atoms with van der Waals surface area (Å²) in [6, 6.07) is 14.4. The molecule has 8 nitrogen and oxygen atoms in total. The fraction of sp³-hybridized carbons (Fsp3) is 0.167. The van der Waals surface area contributed by atoms with E-state index in [9.17, 15) is 10.1 Å². The SMILES string of the molecule is Cc1ccc(-c2nc3n(n2)C2=NOC(c4ccc([N+](=O)[O-])cc4)C2S3)cc1. The molecule has 2 aliphatic heterocycles. The number of rotatable bonds is 3. The number of non-ortho nitro benzene ring substituents is 1. The van der Waals surface area contributed by atoms with Gasteiger partial charge in [0.05, 0.1) is 4.92 Å². The lowest BCUT2D eigenvalue weighted by molar-refractivity contribution is -0.384. The zero-order valence-corrected chi connectivity index (χ0v) is 15.0. The summed E-state index contributed by atoms with van der Waals surface area (Å²) in [4.78, 5) is 20.6. The van der Waals surface area contributed by atoms with Gasteiger partial charge in [0.2, 0.25) is 0 Å². The van der Waals surface area contributed by atoms with Crippen LogP contribution in [0.4, 0.5) is 5.69 Å². The second-order valence-corrected chi connectivity index (χ2v) is 7.47. The summed E-state index contributed by atoms with van der Waals surface area (Å²) < 4.78 is 1.72. The minimum atomic E-state index is -0.419. The number of aryl methyl sites for hydroxylation is 1. The van der Waals surface area contributed by atoms with Crippen molar-refractivity contribution >= 4 is 23.3 Å². The third-order valence-electron chi connectivity index (χ3n) is 4.56. The highest BCUT2D eigenvalue weighted by Crippen LogP contribution is 2.44. The molecule has 2 aliphatic rings. The molecule has 0 N–H and O–H groups in total. The predicted octanol–water partition coefficient (Wildman–Crippen LogP) is 3.57. The van der Waals surface area contributed by atoms with E-state index in [1.807, 2.05) is 31.2 Å². The quantitative estimate of drug-likeness (QED) is 0.510. The summed E-state index contributed by atoms with van der Waals surface area (Å²) in [6.45, 7) is 2.04. The van der Waals surface area contributed by atoms with Gasteiger partial charge >= 0.3 is 0 Å². The summed E-state index contributed by atoms with van der Waals surface area (Å²) in [5.41, 5.74) is 3.01. The van der Waals surface area contributed by atoms with Crippen LogP contribution in [0.1, 0.15) is 17.2 Å². The summed E-state index contributed by atoms with van der Waals surface area (Å²) in [6.07, 6.45) is -0.322. The van der Waals surface area contributed by atoms with E-state index in [-0.39, 0.29) is 17.0 Å². The standard InChI is InChI=1S/C18H13N5O3S/c1-10-2-4-12(5-3-10)16-19-18-22(20-16)17-15(27-18)14(26-21-17)11-6-8-13(9-7-11)23(24)25/h2-9,14-15H,1H3. The number of aromatic nitrogens is 3. The lowest BCUT2D eigenvalue weighted by atomic mass is 10.1. The van der Waals surface area contributed by atoms with Gasteiger partial charge < -0.3 is 4.84 Å². The number of nitrogens with zero attached hydrogens (tertiary/aromatic N) is 5. The third-order valence-corrected chi connectivity index (χ3v) is 5.75. The van der Waals surface area contributed by atoms with Crippen molar-refractivity contribution in [2.75, 3.05) is 0 Å². The number of thioether (sulfide) groups is 1. The maximum absolute atomic E-state index is 10.8. The van der Waals surface area contributed by atoms with Crippen molar-refractivity contribution in [3.63, 3.8) is 0 Å². The van der Waals surface area contributed by atoms with E-state index in [0.29, 0.717) is 11.7 Å². The zero-order valence-electron chi connectivity index (χ0n) is 14.1. The highest BCUT2D eigenvalue weighted by atomic mass is 32.2. The van der Waals surface area contributed by atoms with Crippen molar-refractivity contribution in [1.29, 1.82) is 0 Å². The first-order chi connectivity index (χ1) is 13.1. The molecule has 3 heterocycles. The van der Waals surface area contributed by atoms with Crippen LogP contribution in [0.25, 0.3) is 11.4 Å². The molecule has 9 heteroatoms. The Labute approximate surface area is 158 Å². The highest BCUT2D eigenvalue weighted by molar-refractivity contribution is 8.01. The van der Waals surface area contributed by atoms with Crippen LogP contribution < -0.4 is 0 Å². The van der Waals surface area contributed by atoms with E-state index in [0.717, 1.165) is 16.3 Å². The summed E-state index contributed by atoms with van der Waals surface area (Å²) in [5.74, 6) is 1.35.